The summed E-state index contributed by atoms with van der Waals surface area (Å²) in [6.45, 7) is 0.565. The maximum Gasteiger partial charge on any atom is 0.162 e. The number of fused-ring (bicyclic) bond motifs is 4. The van der Waals surface area contributed by atoms with Crippen molar-refractivity contribution < 1.29 is 9.47 Å². The maximum atomic E-state index is 9.29. The fraction of sp³-hybridized carbons (Fsp3) is 0.167. The third-order valence-electron chi connectivity index (χ3n) is 4.18. The Hall–Kier alpha value is -3.33. The number of ether oxygens (including phenoxy) is 2. The zero-order chi connectivity index (χ0) is 16.7. The van der Waals surface area contributed by atoms with Crippen molar-refractivity contribution in [3.63, 3.8) is 0 Å². The molecule has 2 aromatic carbocycles. The Morgan fingerprint density at radius 2 is 1.92 bits per heavy atom. The van der Waals surface area contributed by atoms with Crippen molar-refractivity contribution in [2.24, 2.45) is 9.98 Å². The van der Waals surface area contributed by atoms with Gasteiger partial charge in [0.1, 0.15) is 5.84 Å². The highest BCUT2D eigenvalue weighted by Crippen LogP contribution is 2.39. The largest absolute Gasteiger partial charge is 0.493 e. The summed E-state index contributed by atoms with van der Waals surface area (Å²) in [5, 5.41) is 9.29. The fourth-order valence-electron chi connectivity index (χ4n) is 2.97. The molecule has 0 radical (unpaired) electrons. The summed E-state index contributed by atoms with van der Waals surface area (Å²) in [7, 11) is 3.20. The highest BCUT2D eigenvalue weighted by molar-refractivity contribution is 6.12. The Kier molecular flexibility index (Phi) is 3.21. The molecular formula is C18H14N4O2. The van der Waals surface area contributed by atoms with Crippen molar-refractivity contribution >= 4 is 23.5 Å². The average molecular weight is 318 g/mol. The second-order valence-corrected chi connectivity index (χ2v) is 5.45. The van der Waals surface area contributed by atoms with Gasteiger partial charge in [0, 0.05) is 17.2 Å². The van der Waals surface area contributed by atoms with E-state index in [1.807, 2.05) is 35.2 Å². The Balaban J connectivity index is 1.91. The first kappa shape index (κ1) is 14.3. The predicted molar refractivity (Wildman–Crippen MR) is 90.6 cm³/mol. The van der Waals surface area contributed by atoms with Crippen LogP contribution in [0.25, 0.3) is 0 Å². The molecule has 0 fully saturated rings. The van der Waals surface area contributed by atoms with Crippen molar-refractivity contribution in [3.8, 4) is 17.6 Å². The standard InChI is InChI=1S/C18H14N4O2/c1-23-16-6-12-15(7-17(16)24-2)20-10-22-9-13-11(8-19)4-3-5-14(13)21-18(12)22/h3-7,10H,9H2,1-2H3. The molecule has 0 unspecified atom stereocenters. The van der Waals surface area contributed by atoms with Gasteiger partial charge in [-0.25, -0.2) is 9.98 Å². The molecule has 2 aliphatic rings. The number of methoxy groups -OCH3 is 2. The van der Waals surface area contributed by atoms with Crippen LogP contribution >= 0.6 is 0 Å². The summed E-state index contributed by atoms with van der Waals surface area (Å²) in [4.78, 5) is 11.2. The van der Waals surface area contributed by atoms with Crippen molar-refractivity contribution in [1.29, 1.82) is 5.26 Å². The SMILES string of the molecule is COc1cc2c(cc1OC)C1=Nc3cccc(C#N)c3CN1C=N2. The van der Waals surface area contributed by atoms with Gasteiger partial charge in [0.25, 0.3) is 0 Å². The molecule has 0 aromatic heterocycles. The maximum absolute atomic E-state index is 9.29. The molecule has 118 valence electrons. The number of nitrogens with zero attached hydrogens (tertiary/aromatic N) is 4. The van der Waals surface area contributed by atoms with Crippen molar-refractivity contribution in [1.82, 2.24) is 4.90 Å². The van der Waals surface area contributed by atoms with Gasteiger partial charge in [0.15, 0.2) is 11.5 Å². The fourth-order valence-corrected chi connectivity index (χ4v) is 2.97. The molecule has 6 nitrogen and oxygen atoms in total. The van der Waals surface area contributed by atoms with E-state index in [4.69, 9.17) is 14.5 Å². The molecule has 0 amide bonds. The zero-order valence-electron chi connectivity index (χ0n) is 13.3. The molecule has 6 heteroatoms. The lowest BCUT2D eigenvalue weighted by Crippen LogP contribution is -2.34. The third-order valence-corrected chi connectivity index (χ3v) is 4.18. The summed E-state index contributed by atoms with van der Waals surface area (Å²) in [6, 6.07) is 11.5. The predicted octanol–water partition coefficient (Wildman–Crippen LogP) is 3.14. The van der Waals surface area contributed by atoms with Crippen LogP contribution in [0.2, 0.25) is 0 Å². The molecule has 24 heavy (non-hydrogen) atoms. The Labute approximate surface area is 139 Å². The molecule has 2 aromatic rings. The van der Waals surface area contributed by atoms with Gasteiger partial charge < -0.3 is 14.4 Å². The summed E-state index contributed by atoms with van der Waals surface area (Å²) < 4.78 is 10.7. The van der Waals surface area contributed by atoms with Crippen molar-refractivity contribution in [2.45, 2.75) is 6.54 Å². The van der Waals surface area contributed by atoms with Crippen molar-refractivity contribution in [3.05, 3.63) is 47.0 Å². The van der Waals surface area contributed by atoms with Gasteiger partial charge in [0.2, 0.25) is 0 Å². The van der Waals surface area contributed by atoms with E-state index in [1.165, 1.54) is 0 Å². The highest BCUT2D eigenvalue weighted by atomic mass is 16.5. The van der Waals surface area contributed by atoms with Gasteiger partial charge in [0.05, 0.1) is 50.1 Å². The highest BCUT2D eigenvalue weighted by Gasteiger charge is 2.27. The number of rotatable bonds is 2. The summed E-state index contributed by atoms with van der Waals surface area (Å²) >= 11 is 0. The van der Waals surface area contributed by atoms with Crippen LogP contribution in [0.3, 0.4) is 0 Å². The number of amidine groups is 1. The Bertz CT molecular complexity index is 941. The number of hydrogen-bond donors (Lipinski definition) is 0. The first-order chi connectivity index (χ1) is 11.7. The van der Waals surface area contributed by atoms with Crippen LogP contribution in [0.5, 0.6) is 11.5 Å². The minimum Gasteiger partial charge on any atom is -0.493 e. The van der Waals surface area contributed by atoms with Crippen LogP contribution in [0.15, 0.2) is 40.3 Å². The van der Waals surface area contributed by atoms with E-state index in [-0.39, 0.29) is 0 Å². The molecule has 2 aliphatic heterocycles. The molecule has 0 N–H and O–H groups in total. The lowest BCUT2D eigenvalue weighted by molar-refractivity contribution is 0.355. The number of benzene rings is 2. The van der Waals surface area contributed by atoms with E-state index >= 15 is 0 Å². The van der Waals surface area contributed by atoms with Crippen LogP contribution in [0.4, 0.5) is 11.4 Å². The van der Waals surface area contributed by atoms with Crippen molar-refractivity contribution in [2.75, 3.05) is 14.2 Å². The first-order valence-electron chi connectivity index (χ1n) is 7.43. The molecule has 2 heterocycles. The van der Waals surface area contributed by atoms with Crippen LogP contribution in [-0.2, 0) is 6.54 Å². The topological polar surface area (TPSA) is 70.2 Å². The van der Waals surface area contributed by atoms with E-state index < -0.39 is 0 Å². The van der Waals surface area contributed by atoms with E-state index in [0.717, 1.165) is 28.3 Å². The van der Waals surface area contributed by atoms with Crippen LogP contribution in [0.1, 0.15) is 16.7 Å². The summed E-state index contributed by atoms with van der Waals surface area (Å²) in [5.74, 6) is 2.06. The molecule has 0 spiro atoms. The lowest BCUT2D eigenvalue weighted by Gasteiger charge is -2.31. The monoisotopic (exact) mass is 318 g/mol. The molecular weight excluding hydrogens is 304 g/mol. The molecule has 0 atom stereocenters. The van der Waals surface area contributed by atoms with Gasteiger partial charge in [-0.1, -0.05) is 6.07 Å². The van der Waals surface area contributed by atoms with Gasteiger partial charge in [-0.3, -0.25) is 0 Å². The first-order valence-corrected chi connectivity index (χ1v) is 7.43. The minimum atomic E-state index is 0.565. The van der Waals surface area contributed by atoms with Gasteiger partial charge in [-0.05, 0) is 18.2 Å². The summed E-state index contributed by atoms with van der Waals surface area (Å²) in [6.07, 6.45) is 1.74. The molecule has 4 rings (SSSR count). The molecule has 0 bridgehead atoms. The second kappa shape index (κ2) is 5.39. The average Bonchev–Trinajstić information content (AvgIpc) is 2.64. The van der Waals surface area contributed by atoms with Gasteiger partial charge >= 0.3 is 0 Å². The Morgan fingerprint density at radius 1 is 1.12 bits per heavy atom. The number of hydrogen-bond acceptors (Lipinski definition) is 6. The van der Waals surface area contributed by atoms with Gasteiger partial charge in [-0.15, -0.1) is 0 Å². The van der Waals surface area contributed by atoms with E-state index in [0.29, 0.717) is 23.6 Å². The zero-order valence-corrected chi connectivity index (χ0v) is 13.3. The number of nitriles is 1. The lowest BCUT2D eigenvalue weighted by atomic mass is 10.0. The molecule has 0 saturated heterocycles. The smallest absolute Gasteiger partial charge is 0.162 e. The van der Waals surface area contributed by atoms with Gasteiger partial charge in [-0.2, -0.15) is 5.26 Å². The van der Waals surface area contributed by atoms with E-state index in [9.17, 15) is 5.26 Å². The number of aliphatic imine (C=N–C) groups is 2. The molecule has 0 saturated carbocycles. The van der Waals surface area contributed by atoms with Crippen LogP contribution < -0.4 is 9.47 Å². The Morgan fingerprint density at radius 3 is 2.67 bits per heavy atom. The minimum absolute atomic E-state index is 0.565. The quantitative estimate of drug-likeness (QED) is 0.853. The molecule has 0 aliphatic carbocycles. The van der Waals surface area contributed by atoms with Crippen LogP contribution in [0, 0.1) is 11.3 Å². The van der Waals surface area contributed by atoms with E-state index in [1.54, 1.807) is 20.6 Å². The third kappa shape index (κ3) is 2.02. The summed E-state index contributed by atoms with van der Waals surface area (Å²) in [5.41, 5.74) is 4.03. The second-order valence-electron chi connectivity index (χ2n) is 5.45. The van der Waals surface area contributed by atoms with Crippen LogP contribution in [-0.4, -0.2) is 31.3 Å². The van der Waals surface area contributed by atoms with E-state index in [2.05, 4.69) is 11.1 Å². The normalized spacial score (nSPS) is 14.0.